The van der Waals surface area contributed by atoms with Gasteiger partial charge in [0, 0.05) is 6.42 Å². The predicted octanol–water partition coefficient (Wildman–Crippen LogP) is 5.32. The van der Waals surface area contributed by atoms with Crippen molar-refractivity contribution in [2.45, 2.75) is 45.1 Å². The van der Waals surface area contributed by atoms with Gasteiger partial charge in [0.15, 0.2) is 0 Å². The van der Waals surface area contributed by atoms with Gasteiger partial charge in [0.25, 0.3) is 0 Å². The lowest BCUT2D eigenvalue weighted by Gasteiger charge is -2.19. The van der Waals surface area contributed by atoms with E-state index in [0.717, 1.165) is 16.7 Å². The molecule has 1 N–H and O–H groups in total. The highest BCUT2D eigenvalue weighted by Crippen LogP contribution is 2.28. The van der Waals surface area contributed by atoms with Gasteiger partial charge in [0.05, 0.1) is 0 Å². The second-order valence-corrected chi connectivity index (χ2v) is 7.00. The molecule has 0 aliphatic heterocycles. The number of nitrogens with zero attached hydrogens (tertiary/aromatic N) is 1. The Morgan fingerprint density at radius 1 is 1.00 bits per heavy atom. The van der Waals surface area contributed by atoms with Crippen LogP contribution in [-0.4, -0.2) is 11.1 Å². The molecule has 0 bridgehead atoms. The van der Waals surface area contributed by atoms with Gasteiger partial charge in [0.1, 0.15) is 6.04 Å². The fourth-order valence-electron chi connectivity index (χ4n) is 2.60. The van der Waals surface area contributed by atoms with Crippen LogP contribution in [-0.2, 0) is 10.2 Å². The first kappa shape index (κ1) is 17.9. The zero-order chi connectivity index (χ0) is 17.7. The zero-order valence-electron chi connectivity index (χ0n) is 14.3. The molecule has 0 spiro atoms. The van der Waals surface area contributed by atoms with E-state index in [2.05, 4.69) is 50.2 Å². The van der Waals surface area contributed by atoms with Crippen LogP contribution in [0.25, 0.3) is 11.1 Å². The highest BCUT2D eigenvalue weighted by atomic mass is 16.4. The monoisotopic (exact) mass is 325 g/mol. The van der Waals surface area contributed by atoms with Crippen LogP contribution in [0.3, 0.4) is 0 Å². The molecule has 0 aromatic heterocycles. The predicted molar refractivity (Wildman–Crippen MR) is 96.0 cm³/mol. The molecule has 2 aromatic carbocycles. The number of carboxylic acid groups (broad SMARTS) is 1. The van der Waals surface area contributed by atoms with Gasteiger partial charge in [-0.1, -0.05) is 74.5 Å². The molecule has 0 amide bonds. The number of nitroso groups, excluding NO2 is 1. The van der Waals surface area contributed by atoms with E-state index in [1.807, 2.05) is 24.3 Å². The smallest absolute Gasteiger partial charge is 0.303 e. The Kier molecular flexibility index (Phi) is 5.50. The number of rotatable bonds is 6. The van der Waals surface area contributed by atoms with Crippen LogP contribution < -0.4 is 0 Å². The molecule has 0 fully saturated rings. The minimum absolute atomic E-state index is 0.0631. The van der Waals surface area contributed by atoms with Gasteiger partial charge in [-0.2, -0.15) is 4.91 Å². The number of hydrogen-bond donors (Lipinski definition) is 1. The van der Waals surface area contributed by atoms with Crippen LogP contribution >= 0.6 is 0 Å². The van der Waals surface area contributed by atoms with Crippen molar-refractivity contribution < 1.29 is 9.90 Å². The molecular formula is C20H23NO3. The summed E-state index contributed by atoms with van der Waals surface area (Å²) in [7, 11) is 0. The quantitative estimate of drug-likeness (QED) is 0.730. The number of benzene rings is 2. The second-order valence-electron chi connectivity index (χ2n) is 7.00. The van der Waals surface area contributed by atoms with Crippen molar-refractivity contribution in [2.75, 3.05) is 0 Å². The first-order valence-corrected chi connectivity index (χ1v) is 8.06. The van der Waals surface area contributed by atoms with Crippen LogP contribution in [0.15, 0.2) is 53.7 Å². The molecule has 0 aliphatic rings. The van der Waals surface area contributed by atoms with Crippen molar-refractivity contribution in [1.29, 1.82) is 0 Å². The molecule has 1 atom stereocenters. The molecule has 2 rings (SSSR count). The number of carboxylic acids is 1. The summed E-state index contributed by atoms with van der Waals surface area (Å²) in [5.74, 6) is -0.917. The fourth-order valence-corrected chi connectivity index (χ4v) is 2.60. The van der Waals surface area contributed by atoms with Gasteiger partial charge in [-0.05, 0) is 34.1 Å². The first-order valence-electron chi connectivity index (χ1n) is 8.06. The Morgan fingerprint density at radius 2 is 1.50 bits per heavy atom. The maximum absolute atomic E-state index is 11.0. The minimum Gasteiger partial charge on any atom is -0.481 e. The third kappa shape index (κ3) is 4.51. The molecule has 0 saturated heterocycles. The molecule has 0 heterocycles. The van der Waals surface area contributed by atoms with E-state index >= 15 is 0 Å². The lowest BCUT2D eigenvalue weighted by atomic mass is 9.86. The Bertz CT molecular complexity index is 697. The number of carbonyl (C=O) groups is 1. The van der Waals surface area contributed by atoms with Crippen LogP contribution in [0.5, 0.6) is 0 Å². The summed E-state index contributed by atoms with van der Waals surface area (Å²) in [5, 5.41) is 11.8. The van der Waals surface area contributed by atoms with Crippen LogP contribution in [0.1, 0.15) is 50.8 Å². The van der Waals surface area contributed by atoms with Crippen molar-refractivity contribution in [3.63, 3.8) is 0 Å². The van der Waals surface area contributed by atoms with E-state index in [1.54, 1.807) is 0 Å². The molecule has 0 aliphatic carbocycles. The lowest BCUT2D eigenvalue weighted by molar-refractivity contribution is -0.137. The van der Waals surface area contributed by atoms with Crippen molar-refractivity contribution in [3.05, 3.63) is 64.6 Å². The van der Waals surface area contributed by atoms with E-state index in [-0.39, 0.29) is 18.3 Å². The SMILES string of the molecule is CC(C)(C)c1ccc(-c2ccc(C(CCC(=O)O)N=O)cc2)cc1. The van der Waals surface area contributed by atoms with Gasteiger partial charge >= 0.3 is 5.97 Å². The highest BCUT2D eigenvalue weighted by Gasteiger charge is 2.15. The lowest BCUT2D eigenvalue weighted by Crippen LogP contribution is -2.10. The average molecular weight is 325 g/mol. The summed E-state index contributed by atoms with van der Waals surface area (Å²) in [5.41, 5.74) is 4.32. The van der Waals surface area contributed by atoms with Gasteiger partial charge in [-0.25, -0.2) is 0 Å². The minimum atomic E-state index is -0.917. The molecule has 4 nitrogen and oxygen atoms in total. The van der Waals surface area contributed by atoms with E-state index in [0.29, 0.717) is 0 Å². The maximum atomic E-state index is 11.0. The Morgan fingerprint density at radius 3 is 1.92 bits per heavy atom. The van der Waals surface area contributed by atoms with Crippen molar-refractivity contribution in [2.24, 2.45) is 5.18 Å². The molecule has 126 valence electrons. The van der Waals surface area contributed by atoms with Crippen LogP contribution in [0.2, 0.25) is 0 Å². The van der Waals surface area contributed by atoms with E-state index < -0.39 is 12.0 Å². The summed E-state index contributed by atoms with van der Waals surface area (Å²) in [6, 6.07) is 15.4. The topological polar surface area (TPSA) is 66.7 Å². The van der Waals surface area contributed by atoms with E-state index in [1.165, 1.54) is 5.56 Å². The van der Waals surface area contributed by atoms with Crippen LogP contribution in [0.4, 0.5) is 0 Å². The first-order chi connectivity index (χ1) is 11.3. The maximum Gasteiger partial charge on any atom is 0.303 e. The molecule has 0 radical (unpaired) electrons. The summed E-state index contributed by atoms with van der Waals surface area (Å²) in [6.45, 7) is 6.54. The highest BCUT2D eigenvalue weighted by molar-refractivity contribution is 5.67. The molecule has 4 heteroatoms. The van der Waals surface area contributed by atoms with E-state index in [4.69, 9.17) is 5.11 Å². The third-order valence-corrected chi connectivity index (χ3v) is 4.14. The molecular weight excluding hydrogens is 302 g/mol. The Balaban J connectivity index is 2.16. The van der Waals surface area contributed by atoms with Gasteiger partial charge < -0.3 is 5.11 Å². The summed E-state index contributed by atoms with van der Waals surface area (Å²) in [6.07, 6.45) is 0.158. The van der Waals surface area contributed by atoms with Gasteiger partial charge in [0.2, 0.25) is 0 Å². The molecule has 1 unspecified atom stereocenters. The standard InChI is InChI=1S/C20H23NO3/c1-20(2,3)17-10-8-15(9-11-17)14-4-6-16(7-5-14)18(21-24)12-13-19(22)23/h4-11,18H,12-13H2,1-3H3,(H,22,23). The number of hydrogen-bond acceptors (Lipinski definition) is 3. The zero-order valence-corrected chi connectivity index (χ0v) is 14.3. The normalized spacial score (nSPS) is 12.6. The fraction of sp³-hybridized carbons (Fsp3) is 0.350. The summed E-state index contributed by atoms with van der Waals surface area (Å²) in [4.78, 5) is 21.6. The molecule has 0 saturated carbocycles. The van der Waals surface area contributed by atoms with Gasteiger partial charge in [-0.3, -0.25) is 4.79 Å². The molecule has 2 aromatic rings. The van der Waals surface area contributed by atoms with Crippen molar-refractivity contribution in [3.8, 4) is 11.1 Å². The second kappa shape index (κ2) is 7.39. The largest absolute Gasteiger partial charge is 0.481 e. The van der Waals surface area contributed by atoms with Crippen molar-refractivity contribution in [1.82, 2.24) is 0 Å². The third-order valence-electron chi connectivity index (χ3n) is 4.14. The van der Waals surface area contributed by atoms with E-state index in [9.17, 15) is 9.70 Å². The molecule has 24 heavy (non-hydrogen) atoms. The van der Waals surface area contributed by atoms with Crippen LogP contribution in [0, 0.1) is 4.91 Å². The Labute approximate surface area is 142 Å². The Hall–Kier alpha value is -2.49. The van der Waals surface area contributed by atoms with Gasteiger partial charge in [-0.15, -0.1) is 0 Å². The summed E-state index contributed by atoms with van der Waals surface area (Å²) >= 11 is 0. The summed E-state index contributed by atoms with van der Waals surface area (Å²) < 4.78 is 0. The number of aliphatic carboxylic acids is 1. The average Bonchev–Trinajstić information content (AvgIpc) is 2.55. The van der Waals surface area contributed by atoms with Crippen molar-refractivity contribution >= 4 is 5.97 Å².